The number of ether oxygens (including phenoxy) is 2. The number of alkyl halides is 3. The second-order valence-electron chi connectivity index (χ2n) is 13.7. The van der Waals surface area contributed by atoms with E-state index in [9.17, 15) is 18.3 Å². The first-order valence-corrected chi connectivity index (χ1v) is 17.2. The fourth-order valence-corrected chi connectivity index (χ4v) is 8.82. The summed E-state index contributed by atoms with van der Waals surface area (Å²) >= 11 is 2.06. The van der Waals surface area contributed by atoms with Gasteiger partial charge in [0.25, 0.3) is 6.43 Å². The van der Waals surface area contributed by atoms with Gasteiger partial charge in [-0.25, -0.2) is 13.2 Å². The SMILES string of the molecule is Cc1cc2[nH]nc(I)c2c(-c2nccc3c4c(N5CCOC[C@](C)(O)C5)nc(OC[C@@]56CCCN5C[C@H](F)C6)nc4n(C)c23)c1C(F)F. The van der Waals surface area contributed by atoms with Gasteiger partial charge in [0, 0.05) is 54.7 Å². The average Bonchev–Trinajstić information content (AvgIpc) is 3.73. The van der Waals surface area contributed by atoms with Crippen molar-refractivity contribution in [1.82, 2.24) is 34.6 Å². The molecule has 7 heterocycles. The van der Waals surface area contributed by atoms with Crippen molar-refractivity contribution in [3.8, 4) is 17.3 Å². The summed E-state index contributed by atoms with van der Waals surface area (Å²) in [4.78, 5) is 18.7. The van der Waals surface area contributed by atoms with Crippen LogP contribution in [-0.2, 0) is 11.8 Å². The lowest BCUT2D eigenvalue weighted by Gasteiger charge is -2.31. The van der Waals surface area contributed by atoms with Gasteiger partial charge in [-0.1, -0.05) is 0 Å². The van der Waals surface area contributed by atoms with E-state index < -0.39 is 23.7 Å². The number of H-pyrrole nitrogens is 1. The van der Waals surface area contributed by atoms with Crippen LogP contribution < -0.4 is 9.64 Å². The summed E-state index contributed by atoms with van der Waals surface area (Å²) < 4.78 is 58.8. The second kappa shape index (κ2) is 11.7. The number of aryl methyl sites for hydroxylation is 2. The average molecular weight is 777 g/mol. The maximum absolute atomic E-state index is 14.9. The first-order valence-electron chi connectivity index (χ1n) is 16.1. The highest BCUT2D eigenvalue weighted by atomic mass is 127. The fourth-order valence-electron chi connectivity index (χ4n) is 8.14. The number of hydrogen-bond acceptors (Lipinski definition) is 9. The van der Waals surface area contributed by atoms with Gasteiger partial charge in [0.05, 0.1) is 47.4 Å². The predicted octanol–water partition coefficient (Wildman–Crippen LogP) is 5.45. The topological polar surface area (TPSA) is 117 Å². The minimum atomic E-state index is -2.76. The third kappa shape index (κ3) is 5.10. The lowest BCUT2D eigenvalue weighted by molar-refractivity contribution is -0.0123. The van der Waals surface area contributed by atoms with Gasteiger partial charge in [-0.2, -0.15) is 15.1 Å². The Morgan fingerprint density at radius 2 is 2.08 bits per heavy atom. The van der Waals surface area contributed by atoms with Crippen molar-refractivity contribution >= 4 is 61.2 Å². The van der Waals surface area contributed by atoms with Crippen LogP contribution in [0.4, 0.5) is 19.0 Å². The molecule has 0 aliphatic carbocycles. The highest BCUT2D eigenvalue weighted by Crippen LogP contribution is 2.45. The number of nitrogens with one attached hydrogen (secondary N) is 1. The predicted molar refractivity (Wildman–Crippen MR) is 184 cm³/mol. The van der Waals surface area contributed by atoms with Crippen LogP contribution in [0.25, 0.3) is 44.1 Å². The molecule has 5 aromatic rings. The number of pyridine rings is 1. The Bertz CT molecular complexity index is 2070. The van der Waals surface area contributed by atoms with Crippen LogP contribution in [0.2, 0.25) is 0 Å². The number of hydrogen-bond donors (Lipinski definition) is 2. The number of anilines is 1. The summed E-state index contributed by atoms with van der Waals surface area (Å²) in [7, 11) is 1.83. The van der Waals surface area contributed by atoms with Crippen molar-refractivity contribution in [2.45, 2.75) is 56.8 Å². The van der Waals surface area contributed by atoms with Gasteiger partial charge in [0.2, 0.25) is 0 Å². The van der Waals surface area contributed by atoms with E-state index in [-0.39, 0.29) is 31.3 Å². The highest BCUT2D eigenvalue weighted by Gasteiger charge is 2.49. The number of fused-ring (bicyclic) bond motifs is 5. The smallest absolute Gasteiger partial charge is 0.320 e. The first-order chi connectivity index (χ1) is 23.0. The molecule has 0 radical (unpaired) electrons. The molecule has 1 aromatic carbocycles. The Kier molecular flexibility index (Phi) is 7.76. The van der Waals surface area contributed by atoms with Gasteiger partial charge in [0.1, 0.15) is 33.5 Å². The van der Waals surface area contributed by atoms with Crippen molar-refractivity contribution in [2.24, 2.45) is 7.05 Å². The molecule has 11 nitrogen and oxygen atoms in total. The molecule has 0 saturated carbocycles. The van der Waals surface area contributed by atoms with E-state index in [1.807, 2.05) is 22.6 Å². The molecule has 0 bridgehead atoms. The molecule has 48 heavy (non-hydrogen) atoms. The minimum Gasteiger partial charge on any atom is -0.461 e. The first kappa shape index (κ1) is 32.0. The molecule has 0 spiro atoms. The summed E-state index contributed by atoms with van der Waals surface area (Å²) in [6.07, 6.45) is 0.173. The molecule has 15 heteroatoms. The molecule has 3 fully saturated rings. The molecule has 3 aliphatic heterocycles. The quantitative estimate of drug-likeness (QED) is 0.217. The standard InChI is InChI=1S/C33H36F3IN8O3/c1-17-11-20-23(28(37)42-41-20)24(21(17)27(35)36)25-26-19(5-7-38-25)22-29(43(26)3)39-31(40-30(22)44-9-10-47-15-32(2,46)14-44)48-16-33-6-4-8-45(33)13-18(34)12-33/h5,7,11,18,27,46H,4,6,8-10,12-16H2,1-3H3,(H,41,42)/t18-,32-,33+/m1/s1. The van der Waals surface area contributed by atoms with Gasteiger partial charge in [-0.3, -0.25) is 15.0 Å². The Labute approximate surface area is 287 Å². The van der Waals surface area contributed by atoms with Crippen LogP contribution in [-0.4, -0.2) is 103 Å². The maximum atomic E-state index is 14.9. The molecule has 254 valence electrons. The van der Waals surface area contributed by atoms with Crippen LogP contribution in [0.3, 0.4) is 0 Å². The van der Waals surface area contributed by atoms with Crippen LogP contribution in [0.15, 0.2) is 18.3 Å². The molecule has 4 aromatic heterocycles. The van der Waals surface area contributed by atoms with Gasteiger partial charge in [0.15, 0.2) is 0 Å². The Morgan fingerprint density at radius 3 is 2.90 bits per heavy atom. The number of rotatable bonds is 6. The largest absolute Gasteiger partial charge is 0.461 e. The fraction of sp³-hybridized carbons (Fsp3) is 0.515. The van der Waals surface area contributed by atoms with Crippen molar-refractivity contribution in [3.63, 3.8) is 0 Å². The maximum Gasteiger partial charge on any atom is 0.320 e. The lowest BCUT2D eigenvalue weighted by atomic mass is 9.94. The normalized spacial score (nSPS) is 25.2. The molecule has 0 amide bonds. The zero-order valence-electron chi connectivity index (χ0n) is 26.9. The molecule has 3 saturated heterocycles. The number of halogens is 4. The monoisotopic (exact) mass is 776 g/mol. The molecule has 0 unspecified atom stereocenters. The summed E-state index contributed by atoms with van der Waals surface area (Å²) in [5, 5.41) is 20.4. The van der Waals surface area contributed by atoms with Crippen LogP contribution >= 0.6 is 22.6 Å². The molecule has 3 atom stereocenters. The Hall–Kier alpha value is -3.28. The van der Waals surface area contributed by atoms with Gasteiger partial charge >= 0.3 is 6.01 Å². The number of benzene rings is 1. The molecular weight excluding hydrogens is 740 g/mol. The summed E-state index contributed by atoms with van der Waals surface area (Å²) in [6.45, 7) is 6.06. The molecule has 3 aliphatic rings. The number of aromatic amines is 1. The lowest BCUT2D eigenvalue weighted by Crippen LogP contribution is -2.44. The zero-order chi connectivity index (χ0) is 33.5. The van der Waals surface area contributed by atoms with Gasteiger partial charge in [-0.05, 0) is 73.5 Å². The van der Waals surface area contributed by atoms with Crippen LogP contribution in [0, 0.1) is 10.6 Å². The van der Waals surface area contributed by atoms with Crippen LogP contribution in [0.5, 0.6) is 6.01 Å². The third-order valence-electron chi connectivity index (χ3n) is 10.2. The van der Waals surface area contributed by atoms with E-state index in [2.05, 4.69) is 37.7 Å². The number of aromatic nitrogens is 6. The van der Waals surface area contributed by atoms with E-state index >= 15 is 0 Å². The van der Waals surface area contributed by atoms with E-state index in [0.29, 0.717) is 85.3 Å². The van der Waals surface area contributed by atoms with Gasteiger partial charge < -0.3 is 24.0 Å². The highest BCUT2D eigenvalue weighted by molar-refractivity contribution is 14.1. The van der Waals surface area contributed by atoms with Gasteiger partial charge in [-0.15, -0.1) is 0 Å². The van der Waals surface area contributed by atoms with Crippen molar-refractivity contribution in [2.75, 3.05) is 50.9 Å². The minimum absolute atomic E-state index is 0.105. The van der Waals surface area contributed by atoms with E-state index in [0.717, 1.165) is 19.4 Å². The number of β-amino-alcohol motifs (C(OH)–C–C–N with tert-alkyl or cyclic N) is 1. The molecule has 2 N–H and O–H groups in total. The van der Waals surface area contributed by atoms with Crippen molar-refractivity contribution in [3.05, 3.63) is 33.2 Å². The summed E-state index contributed by atoms with van der Waals surface area (Å²) in [5.74, 6) is 0.528. The third-order valence-corrected chi connectivity index (χ3v) is 11.0. The Balaban J connectivity index is 1.36. The molecular formula is C33H36F3IN8O3. The Morgan fingerprint density at radius 1 is 1.25 bits per heavy atom. The van der Waals surface area contributed by atoms with E-state index in [1.54, 1.807) is 26.1 Å². The van der Waals surface area contributed by atoms with Crippen molar-refractivity contribution in [1.29, 1.82) is 0 Å². The number of aliphatic hydroxyl groups is 1. The van der Waals surface area contributed by atoms with E-state index in [4.69, 9.17) is 24.4 Å². The zero-order valence-corrected chi connectivity index (χ0v) is 29.0. The summed E-state index contributed by atoms with van der Waals surface area (Å²) in [5.41, 5.74) is 1.20. The second-order valence-corrected chi connectivity index (χ2v) is 14.7. The van der Waals surface area contributed by atoms with Crippen LogP contribution in [0.1, 0.15) is 43.7 Å². The number of nitrogens with zero attached hydrogens (tertiary/aromatic N) is 7. The van der Waals surface area contributed by atoms with Crippen molar-refractivity contribution < 1.29 is 27.8 Å². The summed E-state index contributed by atoms with van der Waals surface area (Å²) in [6, 6.07) is 3.66. The van der Waals surface area contributed by atoms with E-state index in [1.165, 1.54) is 0 Å². The molecule has 8 rings (SSSR count).